The summed E-state index contributed by atoms with van der Waals surface area (Å²) in [6.07, 6.45) is 3.20. The van der Waals surface area contributed by atoms with Crippen LogP contribution in [0.1, 0.15) is 42.8 Å². The topological polar surface area (TPSA) is 54.2 Å². The molecule has 5 heteroatoms. The number of hydrogen-bond donors (Lipinski definition) is 1. The van der Waals surface area contributed by atoms with Crippen molar-refractivity contribution in [2.75, 3.05) is 6.54 Å². The molecule has 1 N–H and O–H groups in total. The van der Waals surface area contributed by atoms with Crippen LogP contribution in [0.4, 0.5) is 0 Å². The van der Waals surface area contributed by atoms with Crippen molar-refractivity contribution in [2.45, 2.75) is 45.5 Å². The Morgan fingerprint density at radius 2 is 2.08 bits per heavy atom. The zero-order valence-electron chi connectivity index (χ0n) is 14.6. The molecule has 5 nitrogen and oxygen atoms in total. The number of para-hydroxylation sites is 1. The number of aromatic nitrogens is 3. The minimum atomic E-state index is -0.461. The van der Waals surface area contributed by atoms with Crippen LogP contribution in [0.25, 0.3) is 10.9 Å². The number of hydrogen-bond acceptors (Lipinski definition) is 4. The average Bonchev–Trinajstić information content (AvgIpc) is 2.94. The molecule has 3 heterocycles. The quantitative estimate of drug-likeness (QED) is 0.794. The first-order valence-electron chi connectivity index (χ1n) is 9.04. The van der Waals surface area contributed by atoms with E-state index in [-0.39, 0.29) is 0 Å². The van der Waals surface area contributed by atoms with Crippen molar-refractivity contribution in [2.24, 2.45) is 0 Å². The molecule has 0 amide bonds. The Balaban J connectivity index is 1.58. The second-order valence-corrected chi connectivity index (χ2v) is 6.76. The van der Waals surface area contributed by atoms with Crippen molar-refractivity contribution in [3.05, 3.63) is 59.5 Å². The van der Waals surface area contributed by atoms with Crippen molar-refractivity contribution in [3.63, 3.8) is 0 Å². The van der Waals surface area contributed by atoms with Crippen molar-refractivity contribution in [1.82, 2.24) is 19.7 Å². The standard InChI is InChI=1S/C20H24N4O/c1-2-20(25)19-12-16-14-23(10-5-11-24(16)22-19)13-15-8-9-21-18-7-4-3-6-17(15)18/h3-4,6-9,12,20,25H,2,5,10-11,13-14H2,1H3/t20-/m1/s1. The van der Waals surface area contributed by atoms with E-state index in [1.165, 1.54) is 16.6 Å². The maximum Gasteiger partial charge on any atom is 0.0975 e. The molecule has 0 fully saturated rings. The highest BCUT2D eigenvalue weighted by molar-refractivity contribution is 5.81. The molecule has 25 heavy (non-hydrogen) atoms. The maximum absolute atomic E-state index is 10.1. The van der Waals surface area contributed by atoms with Crippen LogP contribution in [-0.2, 0) is 19.6 Å². The number of rotatable bonds is 4. The minimum Gasteiger partial charge on any atom is -0.387 e. The number of aliphatic hydroxyl groups is 1. The molecule has 0 radical (unpaired) electrons. The number of nitrogens with zero attached hydrogens (tertiary/aromatic N) is 4. The van der Waals surface area contributed by atoms with E-state index in [1.807, 2.05) is 19.2 Å². The third kappa shape index (κ3) is 3.30. The Morgan fingerprint density at radius 3 is 2.96 bits per heavy atom. The summed E-state index contributed by atoms with van der Waals surface area (Å²) in [5.41, 5.74) is 4.35. The fourth-order valence-corrected chi connectivity index (χ4v) is 3.59. The van der Waals surface area contributed by atoms with Crippen LogP contribution < -0.4 is 0 Å². The van der Waals surface area contributed by atoms with E-state index < -0.39 is 6.10 Å². The van der Waals surface area contributed by atoms with Gasteiger partial charge < -0.3 is 5.11 Å². The molecule has 3 aromatic rings. The Bertz CT molecular complexity index is 868. The second-order valence-electron chi connectivity index (χ2n) is 6.76. The lowest BCUT2D eigenvalue weighted by atomic mass is 10.1. The third-order valence-electron chi connectivity index (χ3n) is 4.97. The van der Waals surface area contributed by atoms with Gasteiger partial charge in [0.05, 0.1) is 23.0 Å². The van der Waals surface area contributed by atoms with Crippen LogP contribution in [0.2, 0.25) is 0 Å². The van der Waals surface area contributed by atoms with Gasteiger partial charge >= 0.3 is 0 Å². The molecule has 1 aliphatic rings. The number of benzene rings is 1. The number of fused-ring (bicyclic) bond motifs is 2. The molecule has 1 aliphatic heterocycles. The highest BCUT2D eigenvalue weighted by Gasteiger charge is 2.19. The zero-order chi connectivity index (χ0) is 17.2. The average molecular weight is 336 g/mol. The van der Waals surface area contributed by atoms with E-state index in [4.69, 9.17) is 0 Å². The van der Waals surface area contributed by atoms with E-state index in [9.17, 15) is 5.11 Å². The van der Waals surface area contributed by atoms with Crippen molar-refractivity contribution >= 4 is 10.9 Å². The van der Waals surface area contributed by atoms with Gasteiger partial charge in [-0.3, -0.25) is 14.6 Å². The van der Waals surface area contributed by atoms with E-state index >= 15 is 0 Å². The van der Waals surface area contributed by atoms with Gasteiger partial charge in [0, 0.05) is 37.8 Å². The van der Waals surface area contributed by atoms with Gasteiger partial charge in [0.25, 0.3) is 0 Å². The molecule has 0 aliphatic carbocycles. The van der Waals surface area contributed by atoms with Gasteiger partial charge in [0.2, 0.25) is 0 Å². The fourth-order valence-electron chi connectivity index (χ4n) is 3.59. The van der Waals surface area contributed by atoms with E-state index in [0.717, 1.165) is 43.8 Å². The molecule has 4 rings (SSSR count). The molecule has 130 valence electrons. The molecule has 0 bridgehead atoms. The van der Waals surface area contributed by atoms with Crippen molar-refractivity contribution in [3.8, 4) is 0 Å². The molecule has 0 saturated heterocycles. The van der Waals surface area contributed by atoms with E-state index in [2.05, 4.69) is 50.0 Å². The number of aliphatic hydroxyl groups excluding tert-OH is 1. The summed E-state index contributed by atoms with van der Waals surface area (Å²) in [6, 6.07) is 12.5. The summed E-state index contributed by atoms with van der Waals surface area (Å²) in [6.45, 7) is 5.71. The molecular weight excluding hydrogens is 312 g/mol. The summed E-state index contributed by atoms with van der Waals surface area (Å²) in [5, 5.41) is 15.9. The smallest absolute Gasteiger partial charge is 0.0975 e. The molecule has 0 unspecified atom stereocenters. The summed E-state index contributed by atoms with van der Waals surface area (Å²) in [7, 11) is 0. The van der Waals surface area contributed by atoms with Gasteiger partial charge in [-0.25, -0.2) is 0 Å². The first kappa shape index (κ1) is 16.2. The molecule has 0 saturated carbocycles. The first-order chi connectivity index (χ1) is 12.2. The normalized spacial score (nSPS) is 16.6. The number of aryl methyl sites for hydroxylation is 1. The summed E-state index contributed by atoms with van der Waals surface area (Å²) >= 11 is 0. The van der Waals surface area contributed by atoms with E-state index in [0.29, 0.717) is 6.42 Å². The van der Waals surface area contributed by atoms with Gasteiger partial charge in [-0.1, -0.05) is 25.1 Å². The Kier molecular flexibility index (Phi) is 4.51. The molecule has 2 aromatic heterocycles. The maximum atomic E-state index is 10.1. The summed E-state index contributed by atoms with van der Waals surface area (Å²) in [5.74, 6) is 0. The van der Waals surface area contributed by atoms with Crippen LogP contribution in [0.3, 0.4) is 0 Å². The molecule has 1 aromatic carbocycles. The van der Waals surface area contributed by atoms with E-state index in [1.54, 1.807) is 0 Å². The van der Waals surface area contributed by atoms with Gasteiger partial charge in [-0.2, -0.15) is 5.10 Å². The van der Waals surface area contributed by atoms with Crippen LogP contribution in [-0.4, -0.2) is 31.3 Å². The predicted octanol–water partition coefficient (Wildman–Crippen LogP) is 3.28. The highest BCUT2D eigenvalue weighted by Crippen LogP contribution is 2.23. The summed E-state index contributed by atoms with van der Waals surface area (Å²) < 4.78 is 2.07. The predicted molar refractivity (Wildman–Crippen MR) is 98.0 cm³/mol. The van der Waals surface area contributed by atoms with Crippen molar-refractivity contribution < 1.29 is 5.11 Å². The Hall–Kier alpha value is -2.24. The lowest BCUT2D eigenvalue weighted by Gasteiger charge is -2.20. The van der Waals surface area contributed by atoms with Crippen LogP contribution >= 0.6 is 0 Å². The largest absolute Gasteiger partial charge is 0.387 e. The molecular formula is C20H24N4O. The Labute approximate surface area is 147 Å². The molecule has 1 atom stereocenters. The van der Waals surface area contributed by atoms with Crippen LogP contribution in [0.15, 0.2) is 42.6 Å². The third-order valence-corrected chi connectivity index (χ3v) is 4.97. The fraction of sp³-hybridized carbons (Fsp3) is 0.400. The SMILES string of the molecule is CC[C@@H](O)c1cc2n(n1)CCCN(Cc1ccnc3ccccc13)C2. The van der Waals surface area contributed by atoms with Gasteiger partial charge in [0.1, 0.15) is 0 Å². The minimum absolute atomic E-state index is 0.461. The highest BCUT2D eigenvalue weighted by atomic mass is 16.3. The number of pyridine rings is 1. The summed E-state index contributed by atoms with van der Waals surface area (Å²) in [4.78, 5) is 6.92. The second kappa shape index (κ2) is 6.94. The zero-order valence-corrected chi connectivity index (χ0v) is 14.6. The molecule has 0 spiro atoms. The van der Waals surface area contributed by atoms with Crippen LogP contribution in [0.5, 0.6) is 0 Å². The van der Waals surface area contributed by atoms with Gasteiger partial charge in [0.15, 0.2) is 0 Å². The van der Waals surface area contributed by atoms with Crippen LogP contribution in [0, 0.1) is 0 Å². The monoisotopic (exact) mass is 336 g/mol. The Morgan fingerprint density at radius 1 is 1.20 bits per heavy atom. The first-order valence-corrected chi connectivity index (χ1v) is 9.04. The van der Waals surface area contributed by atoms with Crippen molar-refractivity contribution in [1.29, 1.82) is 0 Å². The lowest BCUT2D eigenvalue weighted by molar-refractivity contribution is 0.167. The van der Waals surface area contributed by atoms with Gasteiger partial charge in [-0.15, -0.1) is 0 Å². The van der Waals surface area contributed by atoms with Gasteiger partial charge in [-0.05, 0) is 36.6 Å². The lowest BCUT2D eigenvalue weighted by Crippen LogP contribution is -2.23.